The number of carbonyl (C=O) groups is 1. The zero-order valence-corrected chi connectivity index (χ0v) is 10.2. The summed E-state index contributed by atoms with van der Waals surface area (Å²) in [4.78, 5) is 14.6. The third kappa shape index (κ3) is 2.52. The molecule has 1 aromatic carbocycles. The van der Waals surface area contributed by atoms with Crippen LogP contribution in [0.1, 0.15) is 5.56 Å². The summed E-state index contributed by atoms with van der Waals surface area (Å²) in [5.74, 6) is 0. The topological polar surface area (TPSA) is 30.0 Å². The van der Waals surface area contributed by atoms with Crippen molar-refractivity contribution in [3.8, 4) is 10.6 Å². The van der Waals surface area contributed by atoms with Crippen LogP contribution in [0.4, 0.5) is 0 Å². The van der Waals surface area contributed by atoms with Crippen LogP contribution in [0.3, 0.4) is 0 Å². The SMILES string of the molecule is O=CCc1ccc(-c2ncc(Br)s2)cc1. The maximum absolute atomic E-state index is 10.3. The Labute approximate surface area is 100 Å². The van der Waals surface area contributed by atoms with Gasteiger partial charge in [-0.3, -0.25) is 0 Å². The lowest BCUT2D eigenvalue weighted by Gasteiger charge is -1.97. The lowest BCUT2D eigenvalue weighted by molar-refractivity contribution is -0.107. The second-order valence-electron chi connectivity index (χ2n) is 3.04. The molecule has 0 fully saturated rings. The number of halogens is 1. The lowest BCUT2D eigenvalue weighted by atomic mass is 10.1. The fourth-order valence-corrected chi connectivity index (χ4v) is 2.48. The summed E-state index contributed by atoms with van der Waals surface area (Å²) in [7, 11) is 0. The highest BCUT2D eigenvalue weighted by Gasteiger charge is 2.02. The molecule has 0 saturated heterocycles. The van der Waals surface area contributed by atoms with Gasteiger partial charge < -0.3 is 4.79 Å². The van der Waals surface area contributed by atoms with Gasteiger partial charge in [0.05, 0.1) is 9.98 Å². The molecule has 0 N–H and O–H groups in total. The molecule has 1 heterocycles. The Balaban J connectivity index is 2.27. The van der Waals surface area contributed by atoms with Crippen LogP contribution in [0, 0.1) is 0 Å². The molecule has 2 aromatic rings. The van der Waals surface area contributed by atoms with Crippen molar-refractivity contribution < 1.29 is 4.79 Å². The minimum absolute atomic E-state index is 0.474. The molecule has 0 radical (unpaired) electrons. The minimum Gasteiger partial charge on any atom is -0.303 e. The Bertz CT molecular complexity index is 464. The summed E-state index contributed by atoms with van der Waals surface area (Å²) >= 11 is 4.97. The van der Waals surface area contributed by atoms with Crippen molar-refractivity contribution in [1.82, 2.24) is 4.98 Å². The van der Waals surface area contributed by atoms with E-state index in [0.717, 1.165) is 26.2 Å². The molecule has 0 unspecified atom stereocenters. The van der Waals surface area contributed by atoms with Gasteiger partial charge in [-0.2, -0.15) is 0 Å². The largest absolute Gasteiger partial charge is 0.303 e. The Morgan fingerprint density at radius 2 is 2.07 bits per heavy atom. The third-order valence-corrected chi connectivity index (χ3v) is 3.52. The fourth-order valence-electron chi connectivity index (χ4n) is 1.27. The first kappa shape index (κ1) is 10.5. The van der Waals surface area contributed by atoms with E-state index >= 15 is 0 Å². The van der Waals surface area contributed by atoms with E-state index in [4.69, 9.17) is 0 Å². The Hall–Kier alpha value is -1.00. The maximum Gasteiger partial charge on any atom is 0.124 e. The van der Waals surface area contributed by atoms with Crippen molar-refractivity contribution >= 4 is 33.6 Å². The molecule has 0 spiro atoms. The molecule has 2 rings (SSSR count). The van der Waals surface area contributed by atoms with E-state index in [0.29, 0.717) is 6.42 Å². The van der Waals surface area contributed by atoms with Gasteiger partial charge in [0.25, 0.3) is 0 Å². The number of aromatic nitrogens is 1. The van der Waals surface area contributed by atoms with E-state index in [1.54, 1.807) is 17.5 Å². The number of nitrogens with zero attached hydrogens (tertiary/aromatic N) is 1. The van der Waals surface area contributed by atoms with Gasteiger partial charge >= 0.3 is 0 Å². The first-order chi connectivity index (χ1) is 7.29. The van der Waals surface area contributed by atoms with Gasteiger partial charge in [-0.1, -0.05) is 24.3 Å². The predicted molar refractivity (Wildman–Crippen MR) is 65.0 cm³/mol. The van der Waals surface area contributed by atoms with Crippen molar-refractivity contribution in [2.45, 2.75) is 6.42 Å². The van der Waals surface area contributed by atoms with E-state index in [2.05, 4.69) is 20.9 Å². The number of hydrogen-bond donors (Lipinski definition) is 0. The quantitative estimate of drug-likeness (QED) is 0.808. The molecular weight excluding hydrogens is 274 g/mol. The molecule has 1 aromatic heterocycles. The molecule has 0 aliphatic carbocycles. The first-order valence-electron chi connectivity index (χ1n) is 4.44. The molecule has 0 aliphatic rings. The monoisotopic (exact) mass is 281 g/mol. The highest BCUT2D eigenvalue weighted by molar-refractivity contribution is 9.11. The van der Waals surface area contributed by atoms with Gasteiger partial charge in [-0.25, -0.2) is 4.98 Å². The molecular formula is C11H8BrNOS. The number of thiazole rings is 1. The molecule has 15 heavy (non-hydrogen) atoms. The molecule has 0 atom stereocenters. The Morgan fingerprint density at radius 3 is 2.60 bits per heavy atom. The zero-order chi connectivity index (χ0) is 10.7. The summed E-state index contributed by atoms with van der Waals surface area (Å²) in [6, 6.07) is 7.90. The van der Waals surface area contributed by atoms with Crippen LogP contribution >= 0.6 is 27.3 Å². The molecule has 0 aliphatic heterocycles. The molecule has 0 amide bonds. The molecule has 2 nitrogen and oxygen atoms in total. The van der Waals surface area contributed by atoms with E-state index in [1.807, 2.05) is 24.3 Å². The molecule has 76 valence electrons. The van der Waals surface area contributed by atoms with Crippen molar-refractivity contribution in [2.75, 3.05) is 0 Å². The Morgan fingerprint density at radius 1 is 1.33 bits per heavy atom. The van der Waals surface area contributed by atoms with Crippen LogP contribution < -0.4 is 0 Å². The van der Waals surface area contributed by atoms with Crippen LogP contribution in [0.5, 0.6) is 0 Å². The van der Waals surface area contributed by atoms with Gasteiger partial charge in [0.15, 0.2) is 0 Å². The molecule has 0 bridgehead atoms. The summed E-state index contributed by atoms with van der Waals surface area (Å²) in [6.07, 6.45) is 3.18. The smallest absolute Gasteiger partial charge is 0.124 e. The van der Waals surface area contributed by atoms with Crippen molar-refractivity contribution in [2.24, 2.45) is 0 Å². The van der Waals surface area contributed by atoms with Crippen LogP contribution in [-0.2, 0) is 11.2 Å². The van der Waals surface area contributed by atoms with Crippen LogP contribution in [0.25, 0.3) is 10.6 Å². The van der Waals surface area contributed by atoms with Gasteiger partial charge in [0, 0.05) is 12.0 Å². The number of aldehydes is 1. The summed E-state index contributed by atoms with van der Waals surface area (Å²) in [6.45, 7) is 0. The second kappa shape index (κ2) is 4.68. The van der Waals surface area contributed by atoms with Gasteiger partial charge in [0.1, 0.15) is 11.3 Å². The lowest BCUT2D eigenvalue weighted by Crippen LogP contribution is -1.85. The van der Waals surface area contributed by atoms with Gasteiger partial charge in [0.2, 0.25) is 0 Å². The predicted octanol–water partition coefficient (Wildman–Crippen LogP) is 3.31. The average molecular weight is 282 g/mol. The number of benzene rings is 1. The Kier molecular flexibility index (Phi) is 3.28. The van der Waals surface area contributed by atoms with E-state index in [1.165, 1.54) is 0 Å². The molecule has 4 heteroatoms. The number of hydrogen-bond acceptors (Lipinski definition) is 3. The van der Waals surface area contributed by atoms with Crippen LogP contribution in [-0.4, -0.2) is 11.3 Å². The second-order valence-corrected chi connectivity index (χ2v) is 5.45. The maximum atomic E-state index is 10.3. The standard InChI is InChI=1S/C11H8BrNOS/c12-10-7-13-11(15-10)9-3-1-8(2-4-9)5-6-14/h1-4,6-7H,5H2. The van der Waals surface area contributed by atoms with Crippen LogP contribution in [0.15, 0.2) is 34.2 Å². The zero-order valence-electron chi connectivity index (χ0n) is 7.81. The average Bonchev–Trinajstić information content (AvgIpc) is 2.67. The van der Waals surface area contributed by atoms with Crippen LogP contribution in [0.2, 0.25) is 0 Å². The highest BCUT2D eigenvalue weighted by Crippen LogP contribution is 2.28. The summed E-state index contributed by atoms with van der Waals surface area (Å²) in [5, 5.41) is 0.986. The van der Waals surface area contributed by atoms with Crippen molar-refractivity contribution in [3.05, 3.63) is 39.8 Å². The minimum atomic E-state index is 0.474. The highest BCUT2D eigenvalue weighted by atomic mass is 79.9. The van der Waals surface area contributed by atoms with Gasteiger partial charge in [-0.15, -0.1) is 11.3 Å². The fraction of sp³-hybridized carbons (Fsp3) is 0.0909. The summed E-state index contributed by atoms with van der Waals surface area (Å²) in [5.41, 5.74) is 2.12. The van der Waals surface area contributed by atoms with Crippen molar-refractivity contribution in [1.29, 1.82) is 0 Å². The van der Waals surface area contributed by atoms with E-state index < -0.39 is 0 Å². The van der Waals surface area contributed by atoms with E-state index in [-0.39, 0.29) is 0 Å². The van der Waals surface area contributed by atoms with Crippen molar-refractivity contribution in [3.63, 3.8) is 0 Å². The first-order valence-corrected chi connectivity index (χ1v) is 6.05. The van der Waals surface area contributed by atoms with Gasteiger partial charge in [-0.05, 0) is 21.5 Å². The number of carbonyl (C=O) groups excluding carboxylic acids is 1. The summed E-state index contributed by atoms with van der Waals surface area (Å²) < 4.78 is 1.02. The normalized spacial score (nSPS) is 10.2. The van der Waals surface area contributed by atoms with E-state index in [9.17, 15) is 4.79 Å². The third-order valence-electron chi connectivity index (χ3n) is 2.00. The molecule has 0 saturated carbocycles. The number of rotatable bonds is 3.